The number of hydrazine groups is 1. The minimum atomic E-state index is -0.511. The maximum atomic E-state index is 13.0. The summed E-state index contributed by atoms with van der Waals surface area (Å²) in [6.45, 7) is 2.05. The molecular weight excluding hydrogens is 419 g/mol. The van der Waals surface area contributed by atoms with Gasteiger partial charge in [0.05, 0.1) is 6.61 Å². The van der Waals surface area contributed by atoms with E-state index >= 15 is 0 Å². The van der Waals surface area contributed by atoms with Crippen LogP contribution < -0.4 is 20.3 Å². The van der Waals surface area contributed by atoms with Crippen LogP contribution in [0.5, 0.6) is 11.5 Å². The molecule has 2 amide bonds. The summed E-state index contributed by atoms with van der Waals surface area (Å²) >= 11 is 1.46. The van der Waals surface area contributed by atoms with Gasteiger partial charge in [-0.1, -0.05) is 24.3 Å². The first kappa shape index (κ1) is 22.0. The van der Waals surface area contributed by atoms with Gasteiger partial charge in [-0.05, 0) is 55.0 Å². The first-order valence-corrected chi connectivity index (χ1v) is 10.3. The van der Waals surface area contributed by atoms with Crippen LogP contribution >= 0.6 is 11.3 Å². The Hall–Kier alpha value is -3.65. The molecule has 0 unspecified atom stereocenters. The molecule has 3 rings (SSSR count). The Labute approximate surface area is 183 Å². The second-order valence-electron chi connectivity index (χ2n) is 6.25. The van der Waals surface area contributed by atoms with E-state index in [1.54, 1.807) is 42.5 Å². The van der Waals surface area contributed by atoms with Crippen molar-refractivity contribution < 1.29 is 23.5 Å². The number of nitrogens with one attached hydrogen (secondary N) is 2. The zero-order valence-corrected chi connectivity index (χ0v) is 17.6. The lowest BCUT2D eigenvalue weighted by molar-refractivity contribution is -0.128. The van der Waals surface area contributed by atoms with Crippen LogP contribution in [-0.4, -0.2) is 25.0 Å². The molecule has 1 heterocycles. The molecule has 6 nitrogen and oxygen atoms in total. The number of halogens is 1. The van der Waals surface area contributed by atoms with Crippen LogP contribution in [0.2, 0.25) is 0 Å². The second-order valence-corrected chi connectivity index (χ2v) is 7.36. The zero-order valence-electron chi connectivity index (χ0n) is 16.8. The van der Waals surface area contributed by atoms with E-state index in [-0.39, 0.29) is 12.4 Å². The van der Waals surface area contributed by atoms with Gasteiger partial charge in [0.2, 0.25) is 0 Å². The van der Waals surface area contributed by atoms with Crippen molar-refractivity contribution in [1.82, 2.24) is 10.9 Å². The van der Waals surface area contributed by atoms with Gasteiger partial charge in [0.15, 0.2) is 18.1 Å². The third-order valence-corrected chi connectivity index (χ3v) is 5.09. The summed E-state index contributed by atoms with van der Waals surface area (Å²) in [6, 6.07) is 17.0. The molecule has 0 radical (unpaired) electrons. The van der Waals surface area contributed by atoms with Gasteiger partial charge in [0.1, 0.15) is 5.82 Å². The fourth-order valence-electron chi connectivity index (χ4n) is 2.57. The normalized spacial score (nSPS) is 10.6. The first-order chi connectivity index (χ1) is 15.0. The van der Waals surface area contributed by atoms with Gasteiger partial charge >= 0.3 is 0 Å². The summed E-state index contributed by atoms with van der Waals surface area (Å²) in [4.78, 5) is 25.6. The summed E-state index contributed by atoms with van der Waals surface area (Å²) < 4.78 is 23.9. The van der Waals surface area contributed by atoms with E-state index in [1.807, 2.05) is 19.1 Å². The fourth-order valence-corrected chi connectivity index (χ4v) is 3.48. The van der Waals surface area contributed by atoms with Crippen molar-refractivity contribution >= 4 is 29.2 Å². The highest BCUT2D eigenvalue weighted by Crippen LogP contribution is 2.29. The van der Waals surface area contributed by atoms with Crippen LogP contribution in [0.4, 0.5) is 4.39 Å². The number of rotatable bonds is 8. The topological polar surface area (TPSA) is 76.7 Å². The molecule has 1 aromatic heterocycles. The number of carbonyl (C=O) groups is 2. The maximum absolute atomic E-state index is 13.0. The predicted molar refractivity (Wildman–Crippen MR) is 118 cm³/mol. The van der Waals surface area contributed by atoms with Crippen LogP contribution in [0.25, 0.3) is 16.5 Å². The van der Waals surface area contributed by atoms with Gasteiger partial charge in [-0.3, -0.25) is 20.4 Å². The van der Waals surface area contributed by atoms with Crippen LogP contribution in [0.15, 0.2) is 66.7 Å². The summed E-state index contributed by atoms with van der Waals surface area (Å²) in [6.07, 6.45) is 2.94. The number of carbonyl (C=O) groups excluding carboxylic acids is 2. The number of ether oxygens (including phenoxy) is 2. The SMILES string of the molecule is CCOc1ccccc1OCC(=O)NNC(=O)C=Cc1ccc(-c2ccc(F)cc2)s1. The highest BCUT2D eigenvalue weighted by atomic mass is 32.1. The molecule has 31 heavy (non-hydrogen) atoms. The monoisotopic (exact) mass is 440 g/mol. The van der Waals surface area contributed by atoms with Crippen molar-refractivity contribution in [3.63, 3.8) is 0 Å². The molecule has 0 aliphatic carbocycles. The molecule has 0 fully saturated rings. The maximum Gasteiger partial charge on any atom is 0.276 e. The van der Waals surface area contributed by atoms with E-state index in [0.29, 0.717) is 18.1 Å². The molecule has 2 aromatic carbocycles. The Morgan fingerprint density at radius 3 is 2.39 bits per heavy atom. The number of hydrogen-bond donors (Lipinski definition) is 2. The summed E-state index contributed by atoms with van der Waals surface area (Å²) in [5.74, 6) is -0.299. The van der Waals surface area contributed by atoms with Gasteiger partial charge in [-0.15, -0.1) is 11.3 Å². The van der Waals surface area contributed by atoms with Crippen molar-refractivity contribution in [2.24, 2.45) is 0 Å². The summed E-state index contributed by atoms with van der Waals surface area (Å²) in [5, 5.41) is 0. The van der Waals surface area contributed by atoms with E-state index in [4.69, 9.17) is 9.47 Å². The highest BCUT2D eigenvalue weighted by molar-refractivity contribution is 7.16. The molecule has 0 aliphatic rings. The molecule has 0 spiro atoms. The average Bonchev–Trinajstić information content (AvgIpc) is 3.25. The lowest BCUT2D eigenvalue weighted by Crippen LogP contribution is -2.43. The van der Waals surface area contributed by atoms with Crippen molar-refractivity contribution in [2.75, 3.05) is 13.2 Å². The lowest BCUT2D eigenvalue weighted by atomic mass is 10.2. The van der Waals surface area contributed by atoms with Gasteiger partial charge in [0, 0.05) is 15.8 Å². The molecule has 2 N–H and O–H groups in total. The molecule has 0 saturated carbocycles. The highest BCUT2D eigenvalue weighted by Gasteiger charge is 2.08. The minimum Gasteiger partial charge on any atom is -0.490 e. The largest absolute Gasteiger partial charge is 0.490 e. The van der Waals surface area contributed by atoms with E-state index in [9.17, 15) is 14.0 Å². The molecule has 160 valence electrons. The Kier molecular flexibility index (Phi) is 7.78. The van der Waals surface area contributed by atoms with Crippen molar-refractivity contribution in [2.45, 2.75) is 6.92 Å². The number of hydrogen-bond acceptors (Lipinski definition) is 5. The molecule has 0 atom stereocenters. The van der Waals surface area contributed by atoms with Crippen LogP contribution in [0.1, 0.15) is 11.8 Å². The van der Waals surface area contributed by atoms with E-state index in [2.05, 4.69) is 10.9 Å². The Morgan fingerprint density at radius 1 is 0.968 bits per heavy atom. The quantitative estimate of drug-likeness (QED) is 0.407. The predicted octanol–water partition coefficient (Wildman–Crippen LogP) is 4.19. The Morgan fingerprint density at radius 2 is 1.68 bits per heavy atom. The average molecular weight is 440 g/mol. The van der Waals surface area contributed by atoms with Gasteiger partial charge < -0.3 is 9.47 Å². The number of benzene rings is 2. The smallest absolute Gasteiger partial charge is 0.276 e. The van der Waals surface area contributed by atoms with Crippen LogP contribution in [0.3, 0.4) is 0 Å². The Bertz CT molecular complexity index is 1060. The third-order valence-electron chi connectivity index (χ3n) is 3.99. The standard InChI is InChI=1S/C23H21FN2O4S/c1-2-29-19-5-3-4-6-20(19)30-15-23(28)26-25-22(27)14-12-18-11-13-21(31-18)16-7-9-17(24)10-8-16/h3-14H,2,15H2,1H3,(H,25,27)(H,26,28). The first-order valence-electron chi connectivity index (χ1n) is 9.52. The number of para-hydroxylation sites is 2. The van der Waals surface area contributed by atoms with Gasteiger partial charge in [-0.2, -0.15) is 0 Å². The van der Waals surface area contributed by atoms with Crippen LogP contribution in [0, 0.1) is 5.82 Å². The summed E-state index contributed by atoms with van der Waals surface area (Å²) in [7, 11) is 0. The lowest BCUT2D eigenvalue weighted by Gasteiger charge is -2.11. The van der Waals surface area contributed by atoms with Crippen molar-refractivity contribution in [3.8, 4) is 21.9 Å². The number of thiophene rings is 1. The molecule has 3 aromatic rings. The van der Waals surface area contributed by atoms with Crippen molar-refractivity contribution in [3.05, 3.63) is 77.4 Å². The second kappa shape index (κ2) is 10.9. The molecule has 0 bridgehead atoms. The fraction of sp³-hybridized carbons (Fsp3) is 0.130. The number of amides is 2. The van der Waals surface area contributed by atoms with Gasteiger partial charge in [0.25, 0.3) is 11.8 Å². The molecule has 8 heteroatoms. The third kappa shape index (κ3) is 6.68. The summed E-state index contributed by atoms with van der Waals surface area (Å²) in [5.41, 5.74) is 5.49. The van der Waals surface area contributed by atoms with Gasteiger partial charge in [-0.25, -0.2) is 4.39 Å². The molecular formula is C23H21FN2O4S. The molecule has 0 aliphatic heterocycles. The zero-order chi connectivity index (χ0) is 22.1. The Balaban J connectivity index is 1.45. The molecule has 0 saturated heterocycles. The minimum absolute atomic E-state index is 0.278. The van der Waals surface area contributed by atoms with E-state index < -0.39 is 11.8 Å². The van der Waals surface area contributed by atoms with E-state index in [1.165, 1.54) is 29.5 Å². The van der Waals surface area contributed by atoms with Crippen LogP contribution in [-0.2, 0) is 9.59 Å². The van der Waals surface area contributed by atoms with Crippen molar-refractivity contribution in [1.29, 1.82) is 0 Å². The van der Waals surface area contributed by atoms with E-state index in [0.717, 1.165) is 15.3 Å².